The normalized spacial score (nSPS) is 21.2. The van der Waals surface area contributed by atoms with Crippen molar-refractivity contribution in [2.75, 3.05) is 31.0 Å². The number of rotatable bonds is 6. The van der Waals surface area contributed by atoms with Crippen LogP contribution in [0.4, 0.5) is 19.0 Å². The second-order valence-electron chi connectivity index (χ2n) is 8.79. The summed E-state index contributed by atoms with van der Waals surface area (Å²) in [6.45, 7) is 3.45. The van der Waals surface area contributed by atoms with Crippen molar-refractivity contribution < 1.29 is 22.1 Å². The number of hydrogen-bond acceptors (Lipinski definition) is 6. The molecule has 0 radical (unpaired) electrons. The zero-order valence-corrected chi connectivity index (χ0v) is 21.0. The number of anilines is 1. The van der Waals surface area contributed by atoms with Gasteiger partial charge in [-0.05, 0) is 44.2 Å². The Morgan fingerprint density at radius 2 is 1.86 bits per heavy atom. The van der Waals surface area contributed by atoms with E-state index in [-0.39, 0.29) is 11.5 Å². The van der Waals surface area contributed by atoms with E-state index in [1.165, 1.54) is 12.1 Å². The number of nitrogens with one attached hydrogen (secondary N) is 1. The lowest BCUT2D eigenvalue weighted by Gasteiger charge is -2.26. The Hall–Kier alpha value is -2.88. The highest BCUT2D eigenvalue weighted by molar-refractivity contribution is 7.93. The second kappa shape index (κ2) is 10.0. The number of aryl methyl sites for hydroxylation is 1. The van der Waals surface area contributed by atoms with E-state index >= 15 is 0 Å². The van der Waals surface area contributed by atoms with Gasteiger partial charge in [-0.3, -0.25) is 0 Å². The van der Waals surface area contributed by atoms with Crippen molar-refractivity contribution >= 4 is 26.4 Å². The third-order valence-corrected chi connectivity index (χ3v) is 9.03. The highest BCUT2D eigenvalue weighted by Gasteiger charge is 2.27. The van der Waals surface area contributed by atoms with Crippen LogP contribution >= 0.6 is 0 Å². The van der Waals surface area contributed by atoms with Gasteiger partial charge in [-0.15, -0.1) is 0 Å². The first-order chi connectivity index (χ1) is 16.7. The molecule has 10 heteroatoms. The maximum absolute atomic E-state index is 14.8. The Bertz CT molecular complexity index is 1360. The lowest BCUT2D eigenvalue weighted by Crippen LogP contribution is -2.22. The van der Waals surface area contributed by atoms with Crippen molar-refractivity contribution in [3.63, 3.8) is 0 Å². The van der Waals surface area contributed by atoms with Gasteiger partial charge >= 0.3 is 0 Å². The van der Waals surface area contributed by atoms with Crippen LogP contribution in [0.15, 0.2) is 34.7 Å². The largest absolute Gasteiger partial charge is 0.496 e. The zero-order valence-electron chi connectivity index (χ0n) is 20.1. The Morgan fingerprint density at radius 1 is 1.17 bits per heavy atom. The molecule has 1 aliphatic heterocycles. The Labute approximate surface area is 203 Å². The molecule has 4 rings (SSSR count). The SMILES string of the molecule is CN=S1(=O)CCC(c2cc3c(N[C@H](C)c4cccc(C(F)F)c4F)nc(C)nc3cc2OC)CC1. The molecular weight excluding hydrogens is 477 g/mol. The molecule has 1 aromatic heterocycles. The van der Waals surface area contributed by atoms with Crippen molar-refractivity contribution in [3.8, 4) is 5.75 Å². The molecule has 1 fully saturated rings. The van der Waals surface area contributed by atoms with E-state index < -0.39 is 33.6 Å². The minimum atomic E-state index is -2.90. The number of nitrogens with zero attached hydrogens (tertiary/aromatic N) is 3. The highest BCUT2D eigenvalue weighted by Crippen LogP contribution is 2.39. The monoisotopic (exact) mass is 506 g/mol. The van der Waals surface area contributed by atoms with Gasteiger partial charge in [-0.2, -0.15) is 0 Å². The number of halogens is 3. The summed E-state index contributed by atoms with van der Waals surface area (Å²) in [5, 5.41) is 3.92. The van der Waals surface area contributed by atoms with Gasteiger partial charge in [0.1, 0.15) is 23.2 Å². The molecule has 35 heavy (non-hydrogen) atoms. The first-order valence-corrected chi connectivity index (χ1v) is 13.3. The van der Waals surface area contributed by atoms with Crippen LogP contribution in [0, 0.1) is 12.7 Å². The Kier molecular flexibility index (Phi) is 7.21. The molecule has 2 aromatic carbocycles. The van der Waals surface area contributed by atoms with E-state index in [0.29, 0.717) is 34.4 Å². The van der Waals surface area contributed by atoms with Gasteiger partial charge in [0.05, 0.1) is 24.2 Å². The maximum atomic E-state index is 14.8. The number of alkyl halides is 2. The molecular formula is C25H29F3N4O2S. The second-order valence-corrected chi connectivity index (χ2v) is 11.5. The van der Waals surface area contributed by atoms with Crippen molar-refractivity contribution in [1.29, 1.82) is 0 Å². The van der Waals surface area contributed by atoms with Crippen LogP contribution in [0.3, 0.4) is 0 Å². The molecule has 6 nitrogen and oxygen atoms in total. The highest BCUT2D eigenvalue weighted by atomic mass is 32.2. The smallest absolute Gasteiger partial charge is 0.266 e. The van der Waals surface area contributed by atoms with Gasteiger partial charge in [0.25, 0.3) is 6.43 Å². The van der Waals surface area contributed by atoms with Crippen LogP contribution in [0.25, 0.3) is 10.9 Å². The maximum Gasteiger partial charge on any atom is 0.266 e. The fraction of sp³-hybridized carbons (Fsp3) is 0.440. The Balaban J connectivity index is 1.74. The van der Waals surface area contributed by atoms with Crippen LogP contribution < -0.4 is 10.1 Å². The molecule has 188 valence electrons. The molecule has 0 unspecified atom stereocenters. The fourth-order valence-corrected chi connectivity index (χ4v) is 6.52. The summed E-state index contributed by atoms with van der Waals surface area (Å²) in [5.41, 5.74) is 1.12. The molecule has 2 heterocycles. The molecule has 0 aliphatic carbocycles. The number of aromatic nitrogens is 2. The molecule has 0 bridgehead atoms. The van der Waals surface area contributed by atoms with Crippen LogP contribution in [-0.4, -0.2) is 39.8 Å². The summed E-state index contributed by atoms with van der Waals surface area (Å²) in [5.74, 6) is 1.95. The molecule has 3 aromatic rings. The van der Waals surface area contributed by atoms with E-state index in [2.05, 4.69) is 19.6 Å². The molecule has 1 saturated heterocycles. The number of methoxy groups -OCH3 is 1. The predicted molar refractivity (Wildman–Crippen MR) is 132 cm³/mol. The standard InChI is InChI=1S/C25H29F3N4O2S/c1-14(17-6-5-7-18(23(17)26)24(27)28)30-25-20-12-19(16-8-10-35(33,29-3)11-9-16)22(34-4)13-21(20)31-15(2)32-25/h5-7,12-14,16,24H,8-11H2,1-4H3,(H,30,31,32)/t14-,16?,35?/m1/s1. The van der Waals surface area contributed by atoms with Gasteiger partial charge in [0.15, 0.2) is 0 Å². The molecule has 0 spiro atoms. The predicted octanol–water partition coefficient (Wildman–Crippen LogP) is 6.17. The summed E-state index contributed by atoms with van der Waals surface area (Å²) in [7, 11) is 1.07. The average molecular weight is 507 g/mol. The summed E-state index contributed by atoms with van der Waals surface area (Å²) in [6.07, 6.45) is -1.46. The fourth-order valence-electron chi connectivity index (χ4n) is 4.64. The summed E-state index contributed by atoms with van der Waals surface area (Å²) in [6, 6.07) is 7.20. The van der Waals surface area contributed by atoms with Crippen LogP contribution in [-0.2, 0) is 9.73 Å². The van der Waals surface area contributed by atoms with Crippen molar-refractivity contribution in [3.05, 3.63) is 58.7 Å². The Morgan fingerprint density at radius 3 is 2.49 bits per heavy atom. The average Bonchev–Trinajstić information content (AvgIpc) is 2.83. The molecule has 0 amide bonds. The molecule has 0 saturated carbocycles. The van der Waals surface area contributed by atoms with Crippen molar-refractivity contribution in [2.45, 2.75) is 45.1 Å². The summed E-state index contributed by atoms with van der Waals surface area (Å²) in [4.78, 5) is 9.07. The van der Waals surface area contributed by atoms with E-state index in [9.17, 15) is 17.4 Å². The topological polar surface area (TPSA) is 76.5 Å². The summed E-state index contributed by atoms with van der Waals surface area (Å²) < 4.78 is 63.6. The van der Waals surface area contributed by atoms with Crippen LogP contribution in [0.5, 0.6) is 5.75 Å². The minimum absolute atomic E-state index is 0.131. The number of hydrogen-bond donors (Lipinski definition) is 1. The molecule has 1 aliphatic rings. The number of fused-ring (bicyclic) bond motifs is 1. The minimum Gasteiger partial charge on any atom is -0.496 e. The number of benzene rings is 2. The lowest BCUT2D eigenvalue weighted by atomic mass is 9.91. The lowest BCUT2D eigenvalue weighted by molar-refractivity contribution is 0.146. The first kappa shape index (κ1) is 25.2. The van der Waals surface area contributed by atoms with E-state index in [4.69, 9.17) is 4.74 Å². The van der Waals surface area contributed by atoms with E-state index in [1.807, 2.05) is 12.1 Å². The van der Waals surface area contributed by atoms with E-state index in [0.717, 1.165) is 29.9 Å². The van der Waals surface area contributed by atoms with Gasteiger partial charge < -0.3 is 10.1 Å². The van der Waals surface area contributed by atoms with Gasteiger partial charge in [-0.1, -0.05) is 18.2 Å². The van der Waals surface area contributed by atoms with Gasteiger partial charge in [0, 0.05) is 45.3 Å². The van der Waals surface area contributed by atoms with Gasteiger partial charge in [-0.25, -0.2) is 31.7 Å². The van der Waals surface area contributed by atoms with Gasteiger partial charge in [0.2, 0.25) is 0 Å². The molecule has 1 N–H and O–H groups in total. The van der Waals surface area contributed by atoms with Crippen LogP contribution in [0.1, 0.15) is 60.7 Å². The third kappa shape index (κ3) is 5.07. The zero-order chi connectivity index (χ0) is 25.3. The first-order valence-electron chi connectivity index (χ1n) is 11.5. The number of ether oxygens (including phenoxy) is 1. The van der Waals surface area contributed by atoms with E-state index in [1.54, 1.807) is 28.0 Å². The quantitative estimate of drug-likeness (QED) is 0.433. The van der Waals surface area contributed by atoms with Crippen LogP contribution in [0.2, 0.25) is 0 Å². The third-order valence-electron chi connectivity index (χ3n) is 6.62. The van der Waals surface area contributed by atoms with Crippen molar-refractivity contribution in [1.82, 2.24) is 9.97 Å². The summed E-state index contributed by atoms with van der Waals surface area (Å²) >= 11 is 0. The van der Waals surface area contributed by atoms with Crippen molar-refractivity contribution in [2.24, 2.45) is 4.36 Å². The molecule has 1 atom stereocenters.